The molecule has 0 aliphatic carbocycles. The van der Waals surface area contributed by atoms with Crippen molar-refractivity contribution in [3.63, 3.8) is 0 Å². The molecule has 1 saturated heterocycles. The summed E-state index contributed by atoms with van der Waals surface area (Å²) in [7, 11) is 0. The summed E-state index contributed by atoms with van der Waals surface area (Å²) in [5, 5.41) is 3.22. The Morgan fingerprint density at radius 1 is 0.946 bits per heavy atom. The Kier molecular flexibility index (Phi) is 8.20. The third-order valence-corrected chi connectivity index (χ3v) is 6.20. The molecule has 0 radical (unpaired) electrons. The summed E-state index contributed by atoms with van der Waals surface area (Å²) >= 11 is 5.98. The summed E-state index contributed by atoms with van der Waals surface area (Å²) in [5.74, 6) is -1.36. The monoisotopic (exact) mass is 519 g/mol. The van der Waals surface area contributed by atoms with Gasteiger partial charge in [-0.05, 0) is 67.4 Å². The highest BCUT2D eigenvalue weighted by atomic mass is 35.5. The van der Waals surface area contributed by atoms with Gasteiger partial charge in [-0.1, -0.05) is 41.9 Å². The van der Waals surface area contributed by atoms with Gasteiger partial charge in [-0.2, -0.15) is 0 Å². The quantitative estimate of drug-likeness (QED) is 0.319. The molecule has 4 rings (SSSR count). The Bertz CT molecular complexity index is 1280. The number of hydrogen-bond donors (Lipinski definition) is 1. The number of anilines is 2. The van der Waals surface area contributed by atoms with E-state index in [1.807, 2.05) is 30.3 Å². The van der Waals surface area contributed by atoms with Gasteiger partial charge in [0.2, 0.25) is 5.91 Å². The summed E-state index contributed by atoms with van der Waals surface area (Å²) in [6.45, 7) is 2.25. The van der Waals surface area contributed by atoms with Crippen LogP contribution in [0.1, 0.15) is 29.3 Å². The number of halogens is 1. The van der Waals surface area contributed by atoms with Gasteiger partial charge >= 0.3 is 12.0 Å². The van der Waals surface area contributed by atoms with Crippen molar-refractivity contribution in [1.29, 1.82) is 0 Å². The summed E-state index contributed by atoms with van der Waals surface area (Å²) in [6, 6.07) is 20.8. The molecule has 1 aliphatic rings. The van der Waals surface area contributed by atoms with Crippen molar-refractivity contribution in [2.75, 3.05) is 23.4 Å². The molecule has 0 spiro atoms. The topological polar surface area (TPSA) is 96.0 Å². The number of hydrogen-bond acceptors (Lipinski definition) is 5. The lowest BCUT2D eigenvalue weighted by Crippen LogP contribution is -2.39. The Morgan fingerprint density at radius 2 is 1.62 bits per heavy atom. The van der Waals surface area contributed by atoms with Crippen molar-refractivity contribution in [2.45, 2.75) is 25.8 Å². The average molecular weight is 520 g/mol. The predicted molar refractivity (Wildman–Crippen MR) is 141 cm³/mol. The zero-order chi connectivity index (χ0) is 26.4. The molecule has 0 saturated carbocycles. The van der Waals surface area contributed by atoms with E-state index in [2.05, 4.69) is 5.32 Å². The fraction of sp³-hybridized carbons (Fsp3) is 0.214. The summed E-state index contributed by atoms with van der Waals surface area (Å²) < 4.78 is 4.97. The highest BCUT2D eigenvalue weighted by molar-refractivity contribution is 6.30. The zero-order valence-corrected chi connectivity index (χ0v) is 21.0. The third-order valence-electron chi connectivity index (χ3n) is 5.95. The number of amides is 4. The van der Waals surface area contributed by atoms with Crippen molar-refractivity contribution < 1.29 is 23.9 Å². The van der Waals surface area contributed by atoms with Crippen LogP contribution in [0.3, 0.4) is 0 Å². The van der Waals surface area contributed by atoms with E-state index >= 15 is 0 Å². The van der Waals surface area contributed by atoms with Crippen LogP contribution < -0.4 is 10.2 Å². The Hall–Kier alpha value is -4.17. The van der Waals surface area contributed by atoms with Crippen LogP contribution in [0.15, 0.2) is 78.9 Å². The van der Waals surface area contributed by atoms with Crippen LogP contribution in [0, 0.1) is 0 Å². The number of nitrogens with zero attached hydrogens (tertiary/aromatic N) is 2. The molecule has 4 amide bonds. The van der Waals surface area contributed by atoms with Crippen LogP contribution in [-0.2, 0) is 20.7 Å². The second kappa shape index (κ2) is 11.7. The van der Waals surface area contributed by atoms with Crippen molar-refractivity contribution in [3.05, 3.63) is 95.0 Å². The first-order chi connectivity index (χ1) is 17.9. The van der Waals surface area contributed by atoms with E-state index < -0.39 is 29.9 Å². The molecule has 1 aliphatic heterocycles. The van der Waals surface area contributed by atoms with Crippen molar-refractivity contribution in [1.82, 2.24) is 4.90 Å². The van der Waals surface area contributed by atoms with Crippen LogP contribution >= 0.6 is 11.6 Å². The number of carbonyl (C=O) groups excluding carboxylic acids is 4. The largest absolute Gasteiger partial charge is 0.462 e. The minimum atomic E-state index is -0.967. The average Bonchev–Trinajstić information content (AvgIpc) is 3.12. The Balaban J connectivity index is 1.50. The van der Waals surface area contributed by atoms with E-state index in [1.54, 1.807) is 55.5 Å². The summed E-state index contributed by atoms with van der Waals surface area (Å²) in [5.41, 5.74) is 2.22. The molecule has 1 fully saturated rings. The number of benzene rings is 3. The highest BCUT2D eigenvalue weighted by Gasteiger charge is 2.46. The van der Waals surface area contributed by atoms with E-state index in [0.717, 1.165) is 10.5 Å². The molecule has 8 nitrogen and oxygen atoms in total. The smallest absolute Gasteiger partial charge is 0.338 e. The highest BCUT2D eigenvalue weighted by Crippen LogP contribution is 2.28. The maximum Gasteiger partial charge on any atom is 0.338 e. The minimum absolute atomic E-state index is 0.219. The van der Waals surface area contributed by atoms with E-state index in [1.165, 1.54) is 4.90 Å². The second-order valence-electron chi connectivity index (χ2n) is 8.43. The molecule has 3 aromatic carbocycles. The van der Waals surface area contributed by atoms with Gasteiger partial charge in [0.15, 0.2) is 0 Å². The number of imide groups is 1. The van der Waals surface area contributed by atoms with E-state index in [9.17, 15) is 19.2 Å². The summed E-state index contributed by atoms with van der Waals surface area (Å²) in [6.07, 6.45) is 0.310. The first-order valence-corrected chi connectivity index (χ1v) is 12.3. The van der Waals surface area contributed by atoms with Crippen LogP contribution in [0.5, 0.6) is 0 Å². The van der Waals surface area contributed by atoms with Gasteiger partial charge in [0, 0.05) is 17.3 Å². The molecular weight excluding hydrogens is 494 g/mol. The lowest BCUT2D eigenvalue weighted by Gasteiger charge is -2.21. The van der Waals surface area contributed by atoms with Gasteiger partial charge in [-0.15, -0.1) is 0 Å². The lowest BCUT2D eigenvalue weighted by atomic mass is 10.1. The molecule has 190 valence electrons. The van der Waals surface area contributed by atoms with Gasteiger partial charge in [0.1, 0.15) is 6.04 Å². The molecule has 37 heavy (non-hydrogen) atoms. The maximum absolute atomic E-state index is 13.4. The van der Waals surface area contributed by atoms with Gasteiger partial charge in [0.05, 0.1) is 24.3 Å². The van der Waals surface area contributed by atoms with Crippen LogP contribution in [0.2, 0.25) is 5.02 Å². The zero-order valence-electron chi connectivity index (χ0n) is 20.2. The molecule has 1 heterocycles. The van der Waals surface area contributed by atoms with Gasteiger partial charge in [0.25, 0.3) is 5.91 Å². The van der Waals surface area contributed by atoms with E-state index in [4.69, 9.17) is 16.3 Å². The van der Waals surface area contributed by atoms with E-state index in [-0.39, 0.29) is 19.6 Å². The number of ether oxygens (including phenoxy) is 1. The molecule has 1 atom stereocenters. The standard InChI is InChI=1S/C28H26ClN3O5/c1-2-37-27(35)20-8-12-22(13-9-20)30-25(33)18-24-26(34)32(23-14-10-21(29)11-15-23)28(36)31(24)17-16-19-6-4-3-5-7-19/h3-15,24H,2,16-18H2,1H3,(H,30,33)/t24-/m0/s1. The first-order valence-electron chi connectivity index (χ1n) is 11.9. The lowest BCUT2D eigenvalue weighted by molar-refractivity contribution is -0.124. The maximum atomic E-state index is 13.4. The second-order valence-corrected chi connectivity index (χ2v) is 8.86. The Morgan fingerprint density at radius 3 is 2.27 bits per heavy atom. The molecule has 0 bridgehead atoms. The first kappa shape index (κ1) is 25.9. The fourth-order valence-electron chi connectivity index (χ4n) is 4.10. The van der Waals surface area contributed by atoms with Crippen LogP contribution in [-0.4, -0.2) is 47.9 Å². The van der Waals surface area contributed by atoms with Crippen LogP contribution in [0.4, 0.5) is 16.2 Å². The summed E-state index contributed by atoms with van der Waals surface area (Å²) in [4.78, 5) is 54.0. The number of nitrogens with one attached hydrogen (secondary N) is 1. The number of esters is 1. The predicted octanol–water partition coefficient (Wildman–Crippen LogP) is 4.93. The van der Waals surface area contributed by atoms with Gasteiger partial charge in [-0.25, -0.2) is 14.5 Å². The molecule has 3 aromatic rings. The molecule has 1 N–H and O–H groups in total. The minimum Gasteiger partial charge on any atom is -0.462 e. The molecule has 9 heteroatoms. The van der Waals surface area contributed by atoms with Crippen molar-refractivity contribution in [3.8, 4) is 0 Å². The molecule has 0 aromatic heterocycles. The fourth-order valence-corrected chi connectivity index (χ4v) is 4.23. The Labute approximate surface area is 219 Å². The van der Waals surface area contributed by atoms with Gasteiger partial charge < -0.3 is 15.0 Å². The molecular formula is C28H26ClN3O5. The van der Waals surface area contributed by atoms with Crippen molar-refractivity contribution in [2.24, 2.45) is 0 Å². The van der Waals surface area contributed by atoms with E-state index in [0.29, 0.717) is 28.4 Å². The number of urea groups is 1. The third kappa shape index (κ3) is 6.16. The molecule has 0 unspecified atom stereocenters. The number of carbonyl (C=O) groups is 4. The van der Waals surface area contributed by atoms with Crippen molar-refractivity contribution >= 4 is 46.8 Å². The normalized spacial score (nSPS) is 15.1. The number of rotatable bonds is 9. The van der Waals surface area contributed by atoms with Gasteiger partial charge in [-0.3, -0.25) is 9.59 Å². The van der Waals surface area contributed by atoms with Crippen LogP contribution in [0.25, 0.3) is 0 Å². The SMILES string of the molecule is CCOC(=O)c1ccc(NC(=O)C[C@H]2C(=O)N(c3ccc(Cl)cc3)C(=O)N2CCc2ccccc2)cc1.